The fourth-order valence-electron chi connectivity index (χ4n) is 7.48. The molecular weight excluding hydrogens is 773 g/mol. The standard InChI is InChI=1S/C27H21F6.C12H9Si.2ClH.Zr/c1-16(2)10-17-11-19-8-9-23(18-6-4-3-5-7-18)25(24(19)12-17)20-13-21(26(28,29)30)15-22(14-20)27(31,32)33;1-3-7-11-9(5-1)10-6-2-4-8-12(10)13-11;;;/h3-9,11-16H,10H2,1-2H3;1-7H,13H2;2*1H;/q;;;;+2/p-2. The van der Waals surface area contributed by atoms with Crippen LogP contribution < -0.4 is 13.6 Å². The number of alkyl halides is 6. The van der Waals surface area contributed by atoms with Gasteiger partial charge in [0.1, 0.15) is 0 Å². The Morgan fingerprint density at radius 2 is 1.33 bits per heavy atom. The molecule has 49 heavy (non-hydrogen) atoms. The van der Waals surface area contributed by atoms with Crippen molar-refractivity contribution < 1.29 is 44.2 Å². The Morgan fingerprint density at radius 3 is 1.98 bits per heavy atom. The van der Waals surface area contributed by atoms with Crippen LogP contribution in [0.2, 0.25) is 0 Å². The van der Waals surface area contributed by atoms with Crippen molar-refractivity contribution in [3.05, 3.63) is 131 Å². The van der Waals surface area contributed by atoms with Gasteiger partial charge in [0, 0.05) is 0 Å². The monoisotopic (exact) mass is 800 g/mol. The van der Waals surface area contributed by atoms with Gasteiger partial charge in [0.2, 0.25) is 0 Å². The van der Waals surface area contributed by atoms with Gasteiger partial charge in [-0.1, -0.05) is 0 Å². The Kier molecular flexibility index (Phi) is 8.95. The van der Waals surface area contributed by atoms with Gasteiger partial charge in [0.15, 0.2) is 0 Å². The number of rotatable bonds is 6. The van der Waals surface area contributed by atoms with E-state index in [1.165, 1.54) is 15.9 Å². The number of fused-ring (bicyclic) bond motifs is 4. The normalized spacial score (nSPS) is 16.1. The molecule has 0 N–H and O–H groups in total. The van der Waals surface area contributed by atoms with E-state index >= 15 is 0 Å². The molecule has 5 aromatic carbocycles. The Hall–Kier alpha value is -2.90. The Labute approximate surface area is 295 Å². The molecule has 0 bridgehead atoms. The van der Waals surface area contributed by atoms with E-state index in [2.05, 4.69) is 32.0 Å². The molecule has 0 saturated carbocycles. The van der Waals surface area contributed by atoms with Crippen molar-refractivity contribution in [1.29, 1.82) is 0 Å². The van der Waals surface area contributed by atoms with E-state index in [9.17, 15) is 26.3 Å². The summed E-state index contributed by atoms with van der Waals surface area (Å²) in [6.45, 7) is 4.14. The Balaban J connectivity index is 1.49. The van der Waals surface area contributed by atoms with Crippen LogP contribution in [-0.4, -0.2) is 9.52 Å². The zero-order valence-corrected chi connectivity index (χ0v) is 31.9. The van der Waals surface area contributed by atoms with Crippen molar-refractivity contribution in [3.8, 4) is 33.4 Å². The molecule has 0 amide bonds. The predicted molar refractivity (Wildman–Crippen MR) is 189 cm³/mol. The molecule has 7 rings (SSSR count). The van der Waals surface area contributed by atoms with E-state index in [0.717, 1.165) is 32.1 Å². The summed E-state index contributed by atoms with van der Waals surface area (Å²) in [7, 11) is 14.7. The van der Waals surface area contributed by atoms with Gasteiger partial charge in [-0.2, -0.15) is 0 Å². The fourth-order valence-corrected chi connectivity index (χ4v) is 24.3. The third-order valence-electron chi connectivity index (χ3n) is 9.47. The van der Waals surface area contributed by atoms with Gasteiger partial charge in [0.05, 0.1) is 0 Å². The van der Waals surface area contributed by atoms with E-state index in [1.807, 2.05) is 42.5 Å². The molecule has 10 heteroatoms. The summed E-state index contributed by atoms with van der Waals surface area (Å²) >= 11 is -4.49. The molecule has 2 aliphatic rings. The first-order valence-corrected chi connectivity index (χ1v) is 26.3. The van der Waals surface area contributed by atoms with Crippen molar-refractivity contribution in [2.45, 2.75) is 36.2 Å². The molecule has 1 unspecified atom stereocenters. The first-order valence-electron chi connectivity index (χ1n) is 16.0. The Bertz CT molecular complexity index is 2090. The Morgan fingerprint density at radius 1 is 0.694 bits per heavy atom. The van der Waals surface area contributed by atoms with Gasteiger partial charge < -0.3 is 0 Å². The average molecular weight is 803 g/mol. The molecule has 250 valence electrons. The van der Waals surface area contributed by atoms with Gasteiger partial charge in [-0.05, 0) is 0 Å². The molecule has 5 aromatic rings. The van der Waals surface area contributed by atoms with Crippen molar-refractivity contribution in [2.24, 2.45) is 5.92 Å². The summed E-state index contributed by atoms with van der Waals surface area (Å²) in [5.74, 6) is 0.195. The second-order valence-electron chi connectivity index (χ2n) is 13.2. The fraction of sp³-hybridized carbons (Fsp3) is 0.179. The average Bonchev–Trinajstić information content (AvgIpc) is 3.61. The summed E-state index contributed by atoms with van der Waals surface area (Å²) in [5.41, 5.74) is 3.28. The summed E-state index contributed by atoms with van der Waals surface area (Å²) < 4.78 is 85.6. The zero-order valence-electron chi connectivity index (χ0n) is 26.5. The van der Waals surface area contributed by atoms with Crippen LogP contribution in [-0.2, 0) is 30.2 Å². The third-order valence-corrected chi connectivity index (χ3v) is 23.8. The first kappa shape index (κ1) is 34.5. The van der Waals surface area contributed by atoms with Crippen LogP contribution in [0, 0.1) is 5.92 Å². The van der Waals surface area contributed by atoms with Gasteiger partial charge in [-0.15, -0.1) is 0 Å². The SMILES string of the molecule is CC(C)CC1=Cc2c(ccc(-c3ccccc3)c2-c2cc(C(F)(F)F)cc(C(F)(F)F)c2)[CH]1[Zr]([Cl])([Cl])[c]1cccc2c1[SiH2]c1ccccc1-2. The molecular formula is C39H30Cl2F6SiZr. The minimum atomic E-state index is -4.99. The van der Waals surface area contributed by atoms with E-state index in [4.69, 9.17) is 17.0 Å². The topological polar surface area (TPSA) is 0 Å². The molecule has 0 fully saturated rings. The van der Waals surface area contributed by atoms with Crippen LogP contribution in [0.5, 0.6) is 0 Å². The summed E-state index contributed by atoms with van der Waals surface area (Å²) in [4.78, 5) is 0. The van der Waals surface area contributed by atoms with Crippen LogP contribution in [0.15, 0.2) is 109 Å². The summed E-state index contributed by atoms with van der Waals surface area (Å²) in [6, 6.07) is 29.0. The van der Waals surface area contributed by atoms with Crippen LogP contribution in [0.3, 0.4) is 0 Å². The number of benzene rings is 5. The number of halogens is 8. The van der Waals surface area contributed by atoms with Crippen LogP contribution in [0.4, 0.5) is 26.3 Å². The molecule has 1 atom stereocenters. The summed E-state index contributed by atoms with van der Waals surface area (Å²) in [6.07, 6.45) is -7.41. The molecule has 1 heterocycles. The maximum atomic E-state index is 14.2. The number of hydrogen-bond acceptors (Lipinski definition) is 0. The van der Waals surface area contributed by atoms with Gasteiger partial charge in [0.25, 0.3) is 0 Å². The second-order valence-corrected chi connectivity index (χ2v) is 29.0. The van der Waals surface area contributed by atoms with E-state index < -0.39 is 54.5 Å². The molecule has 1 aliphatic heterocycles. The molecule has 0 aromatic heterocycles. The third kappa shape index (κ3) is 6.32. The van der Waals surface area contributed by atoms with Crippen LogP contribution >= 0.6 is 17.0 Å². The van der Waals surface area contributed by atoms with Crippen molar-refractivity contribution in [2.75, 3.05) is 0 Å². The first-order chi connectivity index (χ1) is 23.1. The van der Waals surface area contributed by atoms with E-state index in [-0.39, 0.29) is 17.5 Å². The number of hydrogen-bond donors (Lipinski definition) is 0. The van der Waals surface area contributed by atoms with Gasteiger partial charge in [-0.3, -0.25) is 0 Å². The second kappa shape index (κ2) is 12.7. The van der Waals surface area contributed by atoms with Crippen LogP contribution in [0.25, 0.3) is 39.5 Å². The quantitative estimate of drug-likeness (QED) is 0.116. The van der Waals surface area contributed by atoms with E-state index in [0.29, 0.717) is 28.7 Å². The summed E-state index contributed by atoms with van der Waals surface area (Å²) in [5, 5.41) is 2.56. The minimum absolute atomic E-state index is 0.160. The molecule has 0 nitrogen and oxygen atoms in total. The van der Waals surface area contributed by atoms with Crippen molar-refractivity contribution >= 4 is 46.3 Å². The van der Waals surface area contributed by atoms with Gasteiger partial charge in [-0.25, -0.2) is 0 Å². The molecule has 0 radical (unpaired) electrons. The predicted octanol–water partition coefficient (Wildman–Crippen LogP) is 10.4. The van der Waals surface area contributed by atoms with Crippen molar-refractivity contribution in [1.82, 2.24) is 0 Å². The van der Waals surface area contributed by atoms with Crippen molar-refractivity contribution in [3.63, 3.8) is 0 Å². The maximum absolute atomic E-state index is 14.2. The molecule has 0 spiro atoms. The van der Waals surface area contributed by atoms with E-state index in [1.54, 1.807) is 30.3 Å². The molecule has 0 saturated heterocycles. The number of allylic oxidation sites excluding steroid dienone is 1. The zero-order chi connectivity index (χ0) is 34.9. The molecule has 1 aliphatic carbocycles. The van der Waals surface area contributed by atoms with Crippen LogP contribution in [0.1, 0.15) is 46.1 Å². The van der Waals surface area contributed by atoms with Gasteiger partial charge >= 0.3 is 297 Å².